The molecule has 1 aromatic carbocycles. The third-order valence-corrected chi connectivity index (χ3v) is 12.5. The summed E-state index contributed by atoms with van der Waals surface area (Å²) in [4.78, 5) is 13.2. The highest BCUT2D eigenvalue weighted by Crippen LogP contribution is 2.62. The number of fused-ring (bicyclic) bond motifs is 2. The first-order valence-corrected chi connectivity index (χ1v) is 14.3. The Kier molecular flexibility index (Phi) is 6.53. The molecular formula is C26H40O3Si. The quantitative estimate of drug-likeness (QED) is 0.259. The van der Waals surface area contributed by atoms with Gasteiger partial charge in [-0.1, -0.05) is 77.1 Å². The van der Waals surface area contributed by atoms with Gasteiger partial charge < -0.3 is 9.16 Å². The molecule has 3 nitrogen and oxygen atoms in total. The van der Waals surface area contributed by atoms with Crippen LogP contribution in [0.3, 0.4) is 0 Å². The molecule has 0 N–H and O–H groups in total. The number of ketones is 1. The van der Waals surface area contributed by atoms with Crippen molar-refractivity contribution in [2.45, 2.75) is 72.2 Å². The topological polar surface area (TPSA) is 35.5 Å². The molecule has 3 atom stereocenters. The van der Waals surface area contributed by atoms with Gasteiger partial charge in [0.05, 0.1) is 6.61 Å². The first-order valence-electron chi connectivity index (χ1n) is 11.4. The van der Waals surface area contributed by atoms with Gasteiger partial charge in [0.1, 0.15) is 5.78 Å². The van der Waals surface area contributed by atoms with Crippen molar-refractivity contribution < 1.29 is 14.0 Å². The number of ether oxygens (including phenoxy) is 1. The van der Waals surface area contributed by atoms with Crippen molar-refractivity contribution in [3.8, 4) is 0 Å². The van der Waals surface area contributed by atoms with Gasteiger partial charge in [-0.15, -0.1) is 0 Å². The third-order valence-electron chi connectivity index (χ3n) is 7.98. The van der Waals surface area contributed by atoms with Gasteiger partial charge >= 0.3 is 0 Å². The molecule has 3 rings (SSSR count). The number of Topliss-reactive ketones (excluding diaryl/α,β-unsaturated/α-hetero) is 1. The van der Waals surface area contributed by atoms with Crippen LogP contribution in [0.1, 0.15) is 53.0 Å². The summed E-state index contributed by atoms with van der Waals surface area (Å²) in [5.74, 6) is 0.622. The van der Waals surface area contributed by atoms with Gasteiger partial charge in [-0.25, -0.2) is 0 Å². The van der Waals surface area contributed by atoms with Crippen molar-refractivity contribution in [2.75, 3.05) is 13.2 Å². The molecule has 1 saturated carbocycles. The molecule has 2 aliphatic rings. The predicted molar refractivity (Wildman–Crippen MR) is 126 cm³/mol. The Labute approximate surface area is 184 Å². The van der Waals surface area contributed by atoms with Crippen LogP contribution in [-0.4, -0.2) is 27.3 Å². The maximum Gasteiger partial charge on any atom is 0.192 e. The Morgan fingerprint density at radius 1 is 1.07 bits per heavy atom. The number of carbonyl (C=O) groups excluding carboxylic acids is 1. The number of carbonyl (C=O) groups is 1. The molecule has 2 aliphatic carbocycles. The van der Waals surface area contributed by atoms with Gasteiger partial charge in [0.2, 0.25) is 0 Å². The maximum atomic E-state index is 13.2. The average Bonchev–Trinajstić information content (AvgIpc) is 3.11. The molecule has 3 unspecified atom stereocenters. The van der Waals surface area contributed by atoms with E-state index in [-0.39, 0.29) is 27.7 Å². The molecule has 0 spiro atoms. The number of hydrogen-bond donors (Lipinski definition) is 0. The fourth-order valence-corrected chi connectivity index (χ4v) is 6.08. The largest absolute Gasteiger partial charge is 0.416 e. The van der Waals surface area contributed by atoms with Crippen LogP contribution >= 0.6 is 0 Å². The van der Waals surface area contributed by atoms with Gasteiger partial charge in [-0.05, 0) is 42.5 Å². The second kappa shape index (κ2) is 8.37. The maximum absolute atomic E-state index is 13.2. The first-order chi connectivity index (χ1) is 13.9. The lowest BCUT2D eigenvalue weighted by Gasteiger charge is -2.42. The van der Waals surface area contributed by atoms with Gasteiger partial charge in [0.25, 0.3) is 0 Å². The van der Waals surface area contributed by atoms with E-state index in [0.717, 1.165) is 12.8 Å². The van der Waals surface area contributed by atoms with Crippen molar-refractivity contribution in [3.05, 3.63) is 48.0 Å². The molecule has 4 heteroatoms. The summed E-state index contributed by atoms with van der Waals surface area (Å²) in [7, 11) is -1.89. The minimum Gasteiger partial charge on any atom is -0.416 e. The summed E-state index contributed by atoms with van der Waals surface area (Å²) >= 11 is 0. The van der Waals surface area contributed by atoms with E-state index in [0.29, 0.717) is 25.6 Å². The number of rotatable bonds is 9. The van der Waals surface area contributed by atoms with Crippen molar-refractivity contribution in [1.29, 1.82) is 0 Å². The second-order valence-electron chi connectivity index (χ2n) is 11.4. The molecule has 0 amide bonds. The fraction of sp³-hybridized carbons (Fsp3) is 0.654. The summed E-state index contributed by atoms with van der Waals surface area (Å²) in [6, 6.07) is 10.3. The van der Waals surface area contributed by atoms with Crippen LogP contribution in [0.4, 0.5) is 0 Å². The molecule has 0 radical (unpaired) electrons. The van der Waals surface area contributed by atoms with E-state index in [4.69, 9.17) is 9.16 Å². The van der Waals surface area contributed by atoms with Crippen molar-refractivity contribution >= 4 is 14.1 Å². The van der Waals surface area contributed by atoms with Crippen LogP contribution in [0, 0.1) is 22.7 Å². The Bertz CT molecular complexity index is 775. The summed E-state index contributed by atoms with van der Waals surface area (Å²) < 4.78 is 12.7. The zero-order valence-corrected chi connectivity index (χ0v) is 21.0. The van der Waals surface area contributed by atoms with E-state index >= 15 is 0 Å². The van der Waals surface area contributed by atoms with E-state index in [9.17, 15) is 4.79 Å². The summed E-state index contributed by atoms with van der Waals surface area (Å²) in [6.07, 6.45) is 6.38. The molecule has 166 valence electrons. The smallest absolute Gasteiger partial charge is 0.192 e. The summed E-state index contributed by atoms with van der Waals surface area (Å²) in [5.41, 5.74) is 0.778. The Balaban J connectivity index is 1.68. The first kappa shape index (κ1) is 23.4. The molecule has 1 fully saturated rings. The van der Waals surface area contributed by atoms with Crippen LogP contribution in [0.2, 0.25) is 18.1 Å². The zero-order chi connectivity index (χ0) is 22.2. The molecule has 0 aliphatic heterocycles. The molecule has 0 aromatic heterocycles. The van der Waals surface area contributed by atoms with E-state index in [1.54, 1.807) is 0 Å². The Hall–Kier alpha value is -1.23. The molecule has 0 heterocycles. The highest BCUT2D eigenvalue weighted by Gasteiger charge is 2.64. The lowest BCUT2D eigenvalue weighted by atomic mass is 9.69. The molecule has 0 saturated heterocycles. The minimum atomic E-state index is -1.89. The van der Waals surface area contributed by atoms with E-state index in [2.05, 4.69) is 72.0 Å². The van der Waals surface area contributed by atoms with E-state index < -0.39 is 8.32 Å². The lowest BCUT2D eigenvalue weighted by Crippen LogP contribution is -2.46. The monoisotopic (exact) mass is 428 g/mol. The van der Waals surface area contributed by atoms with Crippen molar-refractivity contribution in [1.82, 2.24) is 0 Å². The summed E-state index contributed by atoms with van der Waals surface area (Å²) in [6.45, 7) is 17.7. The molecule has 2 bridgehead atoms. The SMILES string of the molecule is CC1(C)C(=O)C2C=CC1C2(CCCOCc1ccccc1)CO[Si](C)(C)C(C)(C)C. The van der Waals surface area contributed by atoms with E-state index in [1.165, 1.54) is 5.56 Å². The van der Waals surface area contributed by atoms with Crippen LogP contribution in [0.15, 0.2) is 42.5 Å². The van der Waals surface area contributed by atoms with Crippen molar-refractivity contribution in [2.24, 2.45) is 22.7 Å². The third kappa shape index (κ3) is 4.24. The van der Waals surface area contributed by atoms with Crippen LogP contribution in [0.5, 0.6) is 0 Å². The van der Waals surface area contributed by atoms with Gasteiger partial charge in [0, 0.05) is 30.0 Å². The highest BCUT2D eigenvalue weighted by atomic mass is 28.4. The van der Waals surface area contributed by atoms with E-state index in [1.807, 2.05) is 18.2 Å². The summed E-state index contributed by atoms with van der Waals surface area (Å²) in [5, 5.41) is 0.164. The molecule has 30 heavy (non-hydrogen) atoms. The van der Waals surface area contributed by atoms with Gasteiger partial charge in [-0.2, -0.15) is 0 Å². The molecule has 1 aromatic rings. The molecular weight excluding hydrogens is 388 g/mol. The van der Waals surface area contributed by atoms with Crippen LogP contribution in [-0.2, 0) is 20.6 Å². The second-order valence-corrected chi connectivity index (χ2v) is 16.2. The highest BCUT2D eigenvalue weighted by molar-refractivity contribution is 6.74. The number of hydrogen-bond acceptors (Lipinski definition) is 3. The Morgan fingerprint density at radius 2 is 1.73 bits per heavy atom. The standard InChI is InChI=1S/C26H40O3Si/c1-24(2,3)30(6,7)29-19-26(21-14-15-22(26)25(4,5)23(21)27)16-11-17-28-18-20-12-9-8-10-13-20/h8-10,12-15,21-22H,11,16-19H2,1-7H3. The van der Waals surface area contributed by atoms with Crippen LogP contribution < -0.4 is 0 Å². The lowest BCUT2D eigenvalue weighted by molar-refractivity contribution is -0.127. The van der Waals surface area contributed by atoms with Crippen molar-refractivity contribution in [3.63, 3.8) is 0 Å². The average molecular weight is 429 g/mol. The predicted octanol–water partition coefficient (Wildman–Crippen LogP) is 6.40. The number of benzene rings is 1. The van der Waals surface area contributed by atoms with Gasteiger partial charge in [-0.3, -0.25) is 4.79 Å². The zero-order valence-electron chi connectivity index (χ0n) is 20.0. The number of allylic oxidation sites excluding steroid dienone is 2. The normalized spacial score (nSPS) is 27.8. The Morgan fingerprint density at radius 3 is 2.30 bits per heavy atom. The minimum absolute atomic E-state index is 0.0172. The van der Waals surface area contributed by atoms with Crippen LogP contribution in [0.25, 0.3) is 0 Å². The fourth-order valence-electron chi connectivity index (χ4n) is 5.02. The van der Waals surface area contributed by atoms with Gasteiger partial charge in [0.15, 0.2) is 8.32 Å².